The summed E-state index contributed by atoms with van der Waals surface area (Å²) in [6.45, 7) is 0. The van der Waals surface area contributed by atoms with E-state index in [-0.39, 0.29) is 12.3 Å². The van der Waals surface area contributed by atoms with Gasteiger partial charge in [0.05, 0.1) is 24.8 Å². The van der Waals surface area contributed by atoms with E-state index in [0.29, 0.717) is 16.3 Å². The second kappa shape index (κ2) is 9.28. The highest BCUT2D eigenvalue weighted by molar-refractivity contribution is 6.32. The number of nitrogens with one attached hydrogen (secondary N) is 1. The predicted octanol–water partition coefficient (Wildman–Crippen LogP) is 5.17. The number of benzene rings is 4. The number of rotatable bonds is 6. The minimum Gasteiger partial charge on any atom is -0.495 e. The molecular weight excluding hydrogens is 426 g/mol. The van der Waals surface area contributed by atoms with Crippen LogP contribution in [0, 0.1) is 0 Å². The van der Waals surface area contributed by atoms with Crippen molar-refractivity contribution in [3.8, 4) is 5.75 Å². The molecule has 0 bridgehead atoms. The first kappa shape index (κ1) is 21.7. The standard InChI is InChI=1S/C26H22ClNO4/c1-31-23-12-11-16(13-21(23)27)14-22(26(30)32-2)28-25(29)24-19-9-5-3-7-17(19)15-18-8-4-6-10-20(18)24/h3-13,15,22H,14H2,1-2H3,(H,28,29)/t22-/m0/s1. The fourth-order valence-corrected chi connectivity index (χ4v) is 4.18. The Kier molecular flexibility index (Phi) is 6.28. The van der Waals surface area contributed by atoms with Crippen molar-refractivity contribution in [3.63, 3.8) is 0 Å². The summed E-state index contributed by atoms with van der Waals surface area (Å²) in [5.41, 5.74) is 1.30. The Morgan fingerprint density at radius 2 is 1.53 bits per heavy atom. The summed E-state index contributed by atoms with van der Waals surface area (Å²) in [4.78, 5) is 26.0. The van der Waals surface area contributed by atoms with Crippen molar-refractivity contribution in [2.24, 2.45) is 0 Å². The lowest BCUT2D eigenvalue weighted by Gasteiger charge is -2.19. The number of hydrogen-bond acceptors (Lipinski definition) is 4. The molecule has 5 nitrogen and oxygen atoms in total. The maximum atomic E-state index is 13.5. The van der Waals surface area contributed by atoms with Gasteiger partial charge < -0.3 is 14.8 Å². The average molecular weight is 448 g/mol. The van der Waals surface area contributed by atoms with Crippen molar-refractivity contribution in [2.45, 2.75) is 12.5 Å². The van der Waals surface area contributed by atoms with Crippen molar-refractivity contribution >= 4 is 45.0 Å². The first-order valence-corrected chi connectivity index (χ1v) is 10.5. The van der Waals surface area contributed by atoms with Gasteiger partial charge >= 0.3 is 5.97 Å². The Morgan fingerprint density at radius 3 is 2.09 bits per heavy atom. The SMILES string of the molecule is COC(=O)[C@H](Cc1ccc(OC)c(Cl)c1)NC(=O)c1c2ccccc2cc2ccccc12. The first-order valence-electron chi connectivity index (χ1n) is 10.1. The molecule has 0 fully saturated rings. The number of halogens is 1. The van der Waals surface area contributed by atoms with Crippen molar-refractivity contribution in [3.05, 3.63) is 88.9 Å². The van der Waals surface area contributed by atoms with Gasteiger partial charge in [0.1, 0.15) is 11.8 Å². The van der Waals surface area contributed by atoms with E-state index in [0.717, 1.165) is 27.1 Å². The molecule has 4 aromatic carbocycles. The molecule has 0 aromatic heterocycles. The number of carbonyl (C=O) groups excluding carboxylic acids is 2. The number of carbonyl (C=O) groups is 2. The molecule has 0 spiro atoms. The summed E-state index contributed by atoms with van der Waals surface area (Å²) >= 11 is 6.23. The van der Waals surface area contributed by atoms with Gasteiger partial charge in [-0.05, 0) is 45.3 Å². The van der Waals surface area contributed by atoms with Gasteiger partial charge in [-0.1, -0.05) is 66.2 Å². The summed E-state index contributed by atoms with van der Waals surface area (Å²) < 4.78 is 10.1. The van der Waals surface area contributed by atoms with Crippen LogP contribution in [0.25, 0.3) is 21.5 Å². The quantitative estimate of drug-likeness (QED) is 0.327. The number of esters is 1. The Labute approximate surface area is 190 Å². The molecule has 0 aliphatic carbocycles. The van der Waals surface area contributed by atoms with Crippen LogP contribution < -0.4 is 10.1 Å². The van der Waals surface area contributed by atoms with Crippen LogP contribution in [0.3, 0.4) is 0 Å². The lowest BCUT2D eigenvalue weighted by molar-refractivity contribution is -0.142. The van der Waals surface area contributed by atoms with Crippen molar-refractivity contribution in [1.29, 1.82) is 0 Å². The molecule has 0 heterocycles. The molecule has 1 amide bonds. The first-order chi connectivity index (χ1) is 15.5. The average Bonchev–Trinajstić information content (AvgIpc) is 2.81. The van der Waals surface area contributed by atoms with E-state index in [9.17, 15) is 9.59 Å². The zero-order chi connectivity index (χ0) is 22.7. The maximum absolute atomic E-state index is 13.5. The molecule has 0 unspecified atom stereocenters. The molecule has 162 valence electrons. The third kappa shape index (κ3) is 4.25. The predicted molar refractivity (Wildman–Crippen MR) is 126 cm³/mol. The van der Waals surface area contributed by atoms with Gasteiger partial charge in [0.2, 0.25) is 0 Å². The Morgan fingerprint density at radius 1 is 0.906 bits per heavy atom. The van der Waals surface area contributed by atoms with Gasteiger partial charge in [-0.3, -0.25) is 4.79 Å². The molecule has 1 atom stereocenters. The molecule has 32 heavy (non-hydrogen) atoms. The van der Waals surface area contributed by atoms with E-state index in [4.69, 9.17) is 21.1 Å². The number of fused-ring (bicyclic) bond motifs is 2. The molecule has 0 aliphatic rings. The van der Waals surface area contributed by atoms with Gasteiger partial charge in [-0.15, -0.1) is 0 Å². The molecule has 1 N–H and O–H groups in total. The summed E-state index contributed by atoms with van der Waals surface area (Å²) in [5.74, 6) is -0.334. The number of hydrogen-bond donors (Lipinski definition) is 1. The Balaban J connectivity index is 1.72. The topological polar surface area (TPSA) is 64.6 Å². The molecule has 4 aromatic rings. The summed E-state index contributed by atoms with van der Waals surface area (Å²) in [5, 5.41) is 6.85. The highest BCUT2D eigenvalue weighted by atomic mass is 35.5. The monoisotopic (exact) mass is 447 g/mol. The van der Waals surface area contributed by atoms with Crippen LogP contribution >= 0.6 is 11.6 Å². The number of methoxy groups -OCH3 is 2. The van der Waals surface area contributed by atoms with Crippen LogP contribution in [0.2, 0.25) is 5.02 Å². The highest BCUT2D eigenvalue weighted by Gasteiger charge is 2.25. The van der Waals surface area contributed by atoms with Gasteiger partial charge in [0.15, 0.2) is 0 Å². The van der Waals surface area contributed by atoms with E-state index in [1.807, 2.05) is 48.5 Å². The maximum Gasteiger partial charge on any atom is 0.328 e. The minimum absolute atomic E-state index is 0.227. The van der Waals surface area contributed by atoms with E-state index in [1.54, 1.807) is 18.2 Å². The lowest BCUT2D eigenvalue weighted by Crippen LogP contribution is -2.43. The van der Waals surface area contributed by atoms with Gasteiger partial charge in [-0.2, -0.15) is 0 Å². The largest absolute Gasteiger partial charge is 0.495 e. The van der Waals surface area contributed by atoms with E-state index >= 15 is 0 Å². The third-order valence-corrected chi connectivity index (χ3v) is 5.74. The third-order valence-electron chi connectivity index (χ3n) is 5.45. The smallest absolute Gasteiger partial charge is 0.328 e. The zero-order valence-electron chi connectivity index (χ0n) is 17.7. The molecule has 0 radical (unpaired) electrons. The van der Waals surface area contributed by atoms with Gasteiger partial charge in [0.25, 0.3) is 5.91 Å². The van der Waals surface area contributed by atoms with Crippen molar-refractivity contribution in [1.82, 2.24) is 5.32 Å². The summed E-state index contributed by atoms with van der Waals surface area (Å²) in [6, 6.07) is 21.8. The molecule has 0 saturated heterocycles. The van der Waals surface area contributed by atoms with Gasteiger partial charge in [-0.25, -0.2) is 4.79 Å². The van der Waals surface area contributed by atoms with E-state index in [2.05, 4.69) is 11.4 Å². The molecule has 0 saturated carbocycles. The fourth-order valence-electron chi connectivity index (χ4n) is 3.90. The van der Waals surface area contributed by atoms with Crippen LogP contribution in [-0.2, 0) is 16.0 Å². The molecular formula is C26H22ClNO4. The minimum atomic E-state index is -0.880. The number of amides is 1. The Bertz CT molecular complexity index is 1260. The van der Waals surface area contributed by atoms with Crippen LogP contribution in [0.4, 0.5) is 0 Å². The second-order valence-corrected chi connectivity index (χ2v) is 7.82. The van der Waals surface area contributed by atoms with Crippen LogP contribution in [0.15, 0.2) is 72.8 Å². The fraction of sp³-hybridized carbons (Fsp3) is 0.154. The van der Waals surface area contributed by atoms with Crippen molar-refractivity contribution < 1.29 is 19.1 Å². The lowest BCUT2D eigenvalue weighted by atomic mass is 9.95. The number of ether oxygens (including phenoxy) is 2. The molecule has 0 aliphatic heterocycles. The van der Waals surface area contributed by atoms with Crippen LogP contribution in [0.1, 0.15) is 15.9 Å². The normalized spacial score (nSPS) is 11.8. The molecule has 4 rings (SSSR count). The Hall–Kier alpha value is -3.57. The van der Waals surface area contributed by atoms with Crippen LogP contribution in [0.5, 0.6) is 5.75 Å². The summed E-state index contributed by atoms with van der Waals surface area (Å²) in [7, 11) is 2.84. The van der Waals surface area contributed by atoms with Crippen LogP contribution in [-0.4, -0.2) is 32.1 Å². The highest BCUT2D eigenvalue weighted by Crippen LogP contribution is 2.29. The summed E-state index contributed by atoms with van der Waals surface area (Å²) in [6.07, 6.45) is 0.227. The van der Waals surface area contributed by atoms with Gasteiger partial charge in [0, 0.05) is 6.42 Å². The molecule has 6 heteroatoms. The van der Waals surface area contributed by atoms with E-state index < -0.39 is 12.0 Å². The second-order valence-electron chi connectivity index (χ2n) is 7.42. The van der Waals surface area contributed by atoms with Crippen molar-refractivity contribution in [2.75, 3.05) is 14.2 Å². The zero-order valence-corrected chi connectivity index (χ0v) is 18.5. The van der Waals surface area contributed by atoms with E-state index in [1.165, 1.54) is 14.2 Å².